The highest BCUT2D eigenvalue weighted by atomic mass is 16.4. The van der Waals surface area contributed by atoms with E-state index >= 15 is 0 Å². The molecule has 6 N–H and O–H groups in total. The number of rotatable bonds is 7. The quantitative estimate of drug-likeness (QED) is 0.550. The zero-order valence-corrected chi connectivity index (χ0v) is 10.8. The standard InChI is InChI=1S/C13H17N3O4/c14-10(7-11(15)17)13(20)16-9-3-1-2-8(6-9)4-5-12(18)19/h1-3,6,10H,4-5,7,14H2,(H2,15,17)(H,16,20)(H,18,19). The number of carbonyl (C=O) groups is 3. The second-order valence-electron chi connectivity index (χ2n) is 4.36. The van der Waals surface area contributed by atoms with Crippen LogP contribution in [-0.2, 0) is 20.8 Å². The minimum atomic E-state index is -1.00. The molecule has 0 aliphatic heterocycles. The Morgan fingerprint density at radius 1 is 1.30 bits per heavy atom. The summed E-state index contributed by atoms with van der Waals surface area (Å²) >= 11 is 0. The Labute approximate surface area is 115 Å². The summed E-state index contributed by atoms with van der Waals surface area (Å²) in [5.41, 5.74) is 11.8. The summed E-state index contributed by atoms with van der Waals surface area (Å²) in [6, 6.07) is 5.78. The summed E-state index contributed by atoms with van der Waals surface area (Å²) in [5.74, 6) is -2.05. The highest BCUT2D eigenvalue weighted by Gasteiger charge is 2.16. The van der Waals surface area contributed by atoms with Crippen LogP contribution in [0.2, 0.25) is 0 Å². The zero-order valence-electron chi connectivity index (χ0n) is 10.8. The van der Waals surface area contributed by atoms with E-state index in [1.807, 2.05) is 0 Å². The van der Waals surface area contributed by atoms with E-state index < -0.39 is 23.8 Å². The molecule has 1 atom stereocenters. The van der Waals surface area contributed by atoms with Gasteiger partial charge in [0.1, 0.15) is 0 Å². The minimum absolute atomic E-state index is 0.0125. The molecule has 108 valence electrons. The maximum Gasteiger partial charge on any atom is 0.303 e. The third-order valence-corrected chi connectivity index (χ3v) is 2.58. The normalized spacial score (nSPS) is 11.7. The maximum absolute atomic E-state index is 11.7. The molecule has 1 aromatic rings. The lowest BCUT2D eigenvalue weighted by molar-refractivity contribution is -0.137. The van der Waals surface area contributed by atoms with E-state index in [2.05, 4.69) is 5.32 Å². The molecule has 2 amide bonds. The molecule has 0 heterocycles. The number of amides is 2. The summed E-state index contributed by atoms with van der Waals surface area (Å²) in [4.78, 5) is 32.9. The third kappa shape index (κ3) is 5.49. The number of carbonyl (C=O) groups excluding carboxylic acids is 2. The van der Waals surface area contributed by atoms with Crippen LogP contribution >= 0.6 is 0 Å². The first kappa shape index (κ1) is 15.6. The molecule has 7 nitrogen and oxygen atoms in total. The summed E-state index contributed by atoms with van der Waals surface area (Å²) in [6.07, 6.45) is 0.148. The molecule has 0 radical (unpaired) electrons. The van der Waals surface area contributed by atoms with Crippen LogP contribution in [0.25, 0.3) is 0 Å². The molecule has 1 unspecified atom stereocenters. The first-order chi connectivity index (χ1) is 9.38. The van der Waals surface area contributed by atoms with E-state index in [0.717, 1.165) is 5.56 Å². The van der Waals surface area contributed by atoms with E-state index in [9.17, 15) is 14.4 Å². The number of hydrogen-bond acceptors (Lipinski definition) is 4. The number of hydrogen-bond donors (Lipinski definition) is 4. The lowest BCUT2D eigenvalue weighted by Crippen LogP contribution is -2.39. The number of aryl methyl sites for hydroxylation is 1. The van der Waals surface area contributed by atoms with Gasteiger partial charge in [-0.05, 0) is 24.1 Å². The van der Waals surface area contributed by atoms with Crippen LogP contribution in [0.4, 0.5) is 5.69 Å². The van der Waals surface area contributed by atoms with Gasteiger partial charge in [0.15, 0.2) is 0 Å². The van der Waals surface area contributed by atoms with Crippen LogP contribution < -0.4 is 16.8 Å². The number of nitrogens with one attached hydrogen (secondary N) is 1. The number of anilines is 1. The number of carboxylic acid groups (broad SMARTS) is 1. The third-order valence-electron chi connectivity index (χ3n) is 2.58. The molecule has 0 fully saturated rings. The largest absolute Gasteiger partial charge is 0.481 e. The van der Waals surface area contributed by atoms with E-state index in [1.54, 1.807) is 24.3 Å². The van der Waals surface area contributed by atoms with Crippen LogP contribution in [0.1, 0.15) is 18.4 Å². The molecule has 1 aromatic carbocycles. The number of nitrogens with two attached hydrogens (primary N) is 2. The summed E-state index contributed by atoms with van der Waals surface area (Å²) in [7, 11) is 0. The van der Waals surface area contributed by atoms with Gasteiger partial charge in [0.2, 0.25) is 11.8 Å². The van der Waals surface area contributed by atoms with Gasteiger partial charge in [-0.2, -0.15) is 0 Å². The molecule has 0 spiro atoms. The van der Waals surface area contributed by atoms with Gasteiger partial charge in [-0.15, -0.1) is 0 Å². The Bertz CT molecular complexity index is 516. The highest BCUT2D eigenvalue weighted by molar-refractivity contribution is 5.97. The van der Waals surface area contributed by atoms with Crippen molar-refractivity contribution in [2.45, 2.75) is 25.3 Å². The van der Waals surface area contributed by atoms with E-state index in [4.69, 9.17) is 16.6 Å². The zero-order chi connectivity index (χ0) is 15.1. The van der Waals surface area contributed by atoms with Crippen LogP contribution in [0.5, 0.6) is 0 Å². The molecule has 0 aliphatic carbocycles. The van der Waals surface area contributed by atoms with Crippen LogP contribution in [0.15, 0.2) is 24.3 Å². The molecule has 1 rings (SSSR count). The lowest BCUT2D eigenvalue weighted by atomic mass is 10.1. The van der Waals surface area contributed by atoms with Gasteiger partial charge in [0, 0.05) is 12.1 Å². The number of carboxylic acids is 1. The number of aliphatic carboxylic acids is 1. The van der Waals surface area contributed by atoms with Crippen molar-refractivity contribution >= 4 is 23.5 Å². The summed E-state index contributed by atoms with van der Waals surface area (Å²) in [6.45, 7) is 0. The van der Waals surface area contributed by atoms with E-state index in [1.165, 1.54) is 0 Å². The van der Waals surface area contributed by atoms with Crippen molar-refractivity contribution in [1.82, 2.24) is 0 Å². The molecule has 0 aromatic heterocycles. The Balaban J connectivity index is 2.63. The van der Waals surface area contributed by atoms with E-state index in [0.29, 0.717) is 12.1 Å². The molecule has 7 heteroatoms. The van der Waals surface area contributed by atoms with Gasteiger partial charge in [0.05, 0.1) is 12.5 Å². The second kappa shape index (κ2) is 7.25. The average Bonchev–Trinajstić information content (AvgIpc) is 2.36. The molecule has 0 saturated heterocycles. The van der Waals surface area contributed by atoms with Crippen LogP contribution in [0.3, 0.4) is 0 Å². The van der Waals surface area contributed by atoms with E-state index in [-0.39, 0.29) is 12.8 Å². The number of primary amides is 1. The van der Waals surface area contributed by atoms with Gasteiger partial charge in [-0.25, -0.2) is 0 Å². The van der Waals surface area contributed by atoms with Crippen LogP contribution in [-0.4, -0.2) is 28.9 Å². The monoisotopic (exact) mass is 279 g/mol. The van der Waals surface area contributed by atoms with Crippen LogP contribution in [0, 0.1) is 0 Å². The first-order valence-corrected chi connectivity index (χ1v) is 6.04. The number of benzene rings is 1. The Morgan fingerprint density at radius 2 is 2.00 bits per heavy atom. The van der Waals surface area contributed by atoms with Crippen molar-refractivity contribution in [2.24, 2.45) is 11.5 Å². The molecular weight excluding hydrogens is 262 g/mol. The molecule has 0 bridgehead atoms. The summed E-state index contributed by atoms with van der Waals surface area (Å²) in [5, 5.41) is 11.2. The Morgan fingerprint density at radius 3 is 2.60 bits per heavy atom. The first-order valence-electron chi connectivity index (χ1n) is 6.04. The minimum Gasteiger partial charge on any atom is -0.481 e. The van der Waals surface area contributed by atoms with Gasteiger partial charge < -0.3 is 21.9 Å². The molecule has 20 heavy (non-hydrogen) atoms. The van der Waals surface area contributed by atoms with Gasteiger partial charge in [-0.1, -0.05) is 12.1 Å². The smallest absolute Gasteiger partial charge is 0.303 e. The fraction of sp³-hybridized carbons (Fsp3) is 0.308. The second-order valence-corrected chi connectivity index (χ2v) is 4.36. The van der Waals surface area contributed by atoms with Gasteiger partial charge in [-0.3, -0.25) is 14.4 Å². The topological polar surface area (TPSA) is 136 Å². The summed E-state index contributed by atoms with van der Waals surface area (Å²) < 4.78 is 0. The predicted molar refractivity (Wildman–Crippen MR) is 72.8 cm³/mol. The Hall–Kier alpha value is -2.41. The fourth-order valence-electron chi connectivity index (χ4n) is 1.60. The molecule has 0 saturated carbocycles. The van der Waals surface area contributed by atoms with Crippen molar-refractivity contribution in [3.63, 3.8) is 0 Å². The fourth-order valence-corrected chi connectivity index (χ4v) is 1.60. The van der Waals surface area contributed by atoms with Crippen molar-refractivity contribution < 1.29 is 19.5 Å². The van der Waals surface area contributed by atoms with Crippen molar-refractivity contribution in [3.05, 3.63) is 29.8 Å². The maximum atomic E-state index is 11.7. The predicted octanol–water partition coefficient (Wildman–Crippen LogP) is -0.155. The molecule has 0 aliphatic rings. The van der Waals surface area contributed by atoms with Crippen molar-refractivity contribution in [1.29, 1.82) is 0 Å². The SMILES string of the molecule is NC(=O)CC(N)C(=O)Nc1cccc(CCC(=O)O)c1. The average molecular weight is 279 g/mol. The van der Waals surface area contributed by atoms with Gasteiger partial charge >= 0.3 is 5.97 Å². The molecular formula is C13H17N3O4. The van der Waals surface area contributed by atoms with Crippen molar-refractivity contribution in [3.8, 4) is 0 Å². The highest BCUT2D eigenvalue weighted by Crippen LogP contribution is 2.12. The van der Waals surface area contributed by atoms with Gasteiger partial charge in [0.25, 0.3) is 0 Å². The van der Waals surface area contributed by atoms with Crippen molar-refractivity contribution in [2.75, 3.05) is 5.32 Å². The Kier molecular flexibility index (Phi) is 5.67. The lowest BCUT2D eigenvalue weighted by Gasteiger charge is -2.11.